The molecule has 0 spiro atoms. The van der Waals surface area contributed by atoms with E-state index in [1.165, 1.54) is 6.07 Å². The van der Waals surface area contributed by atoms with Crippen LogP contribution in [0.1, 0.15) is 29.3 Å². The topological polar surface area (TPSA) is 58.3 Å². The molecule has 0 saturated carbocycles. The largest absolute Gasteiger partial charge is 0.417 e. The van der Waals surface area contributed by atoms with Gasteiger partial charge in [0, 0.05) is 38.8 Å². The van der Waals surface area contributed by atoms with E-state index in [4.69, 9.17) is 4.52 Å². The van der Waals surface area contributed by atoms with Gasteiger partial charge in [0.05, 0.1) is 12.1 Å². The van der Waals surface area contributed by atoms with Gasteiger partial charge in [0.2, 0.25) is 5.89 Å². The molecule has 158 valence electrons. The minimum atomic E-state index is -4.37. The summed E-state index contributed by atoms with van der Waals surface area (Å²) >= 11 is 0. The van der Waals surface area contributed by atoms with Crippen molar-refractivity contribution < 1.29 is 17.7 Å². The second-order valence-electron chi connectivity index (χ2n) is 7.29. The van der Waals surface area contributed by atoms with Crippen molar-refractivity contribution in [3.05, 3.63) is 71.5 Å². The van der Waals surface area contributed by atoms with Gasteiger partial charge in [-0.25, -0.2) is 4.98 Å². The number of rotatable bonds is 5. The van der Waals surface area contributed by atoms with Gasteiger partial charge in [-0.3, -0.25) is 4.90 Å². The van der Waals surface area contributed by atoms with Gasteiger partial charge in [-0.05, 0) is 24.1 Å². The van der Waals surface area contributed by atoms with Crippen molar-refractivity contribution >= 4 is 5.82 Å². The summed E-state index contributed by atoms with van der Waals surface area (Å²) in [4.78, 5) is 12.7. The highest BCUT2D eigenvalue weighted by Gasteiger charge is 2.31. The van der Waals surface area contributed by atoms with Gasteiger partial charge in [-0.1, -0.05) is 35.5 Å². The Morgan fingerprint density at radius 1 is 0.967 bits per heavy atom. The van der Waals surface area contributed by atoms with Crippen LogP contribution in [0.25, 0.3) is 0 Å². The molecule has 3 heterocycles. The van der Waals surface area contributed by atoms with Crippen molar-refractivity contribution in [1.29, 1.82) is 0 Å². The number of pyridine rings is 1. The van der Waals surface area contributed by atoms with Gasteiger partial charge >= 0.3 is 6.18 Å². The second kappa shape index (κ2) is 8.83. The summed E-state index contributed by atoms with van der Waals surface area (Å²) in [6, 6.07) is 12.5. The van der Waals surface area contributed by atoms with Gasteiger partial charge in [-0.2, -0.15) is 18.2 Å². The van der Waals surface area contributed by atoms with Gasteiger partial charge < -0.3 is 9.42 Å². The first-order valence-corrected chi connectivity index (χ1v) is 9.83. The van der Waals surface area contributed by atoms with E-state index >= 15 is 0 Å². The molecule has 2 aromatic heterocycles. The van der Waals surface area contributed by atoms with Crippen molar-refractivity contribution in [2.45, 2.75) is 25.6 Å². The van der Waals surface area contributed by atoms with E-state index in [0.29, 0.717) is 37.0 Å². The molecule has 0 aliphatic carbocycles. The zero-order valence-corrected chi connectivity index (χ0v) is 16.3. The van der Waals surface area contributed by atoms with Gasteiger partial charge in [0.15, 0.2) is 5.82 Å². The average molecular weight is 417 g/mol. The molecule has 6 nitrogen and oxygen atoms in total. The summed E-state index contributed by atoms with van der Waals surface area (Å²) < 4.78 is 43.6. The Hall–Kier alpha value is -2.94. The molecular weight excluding hydrogens is 395 g/mol. The number of hydrogen-bond acceptors (Lipinski definition) is 6. The molecule has 0 N–H and O–H groups in total. The van der Waals surface area contributed by atoms with Crippen molar-refractivity contribution in [2.24, 2.45) is 0 Å². The number of alkyl halides is 3. The molecule has 1 aliphatic heterocycles. The number of benzene rings is 1. The lowest BCUT2D eigenvalue weighted by Gasteiger charge is -2.22. The van der Waals surface area contributed by atoms with E-state index in [9.17, 15) is 13.2 Å². The summed E-state index contributed by atoms with van der Waals surface area (Å²) in [5.74, 6) is 1.79. The van der Waals surface area contributed by atoms with Crippen molar-refractivity contribution in [1.82, 2.24) is 20.0 Å². The van der Waals surface area contributed by atoms with Gasteiger partial charge in [0.1, 0.15) is 5.82 Å². The zero-order chi connectivity index (χ0) is 21.0. The lowest BCUT2D eigenvalue weighted by molar-refractivity contribution is -0.137. The minimum Gasteiger partial charge on any atom is -0.355 e. The van der Waals surface area contributed by atoms with Crippen molar-refractivity contribution in [3.8, 4) is 0 Å². The number of halogens is 3. The highest BCUT2D eigenvalue weighted by molar-refractivity contribution is 5.40. The summed E-state index contributed by atoms with van der Waals surface area (Å²) in [5.41, 5.74) is 0.393. The minimum absolute atomic E-state index is 0.552. The monoisotopic (exact) mass is 417 g/mol. The van der Waals surface area contributed by atoms with Crippen LogP contribution in [0.5, 0.6) is 0 Å². The van der Waals surface area contributed by atoms with E-state index in [0.717, 1.165) is 43.9 Å². The van der Waals surface area contributed by atoms with Crippen LogP contribution < -0.4 is 4.90 Å². The Bertz CT molecular complexity index is 943. The van der Waals surface area contributed by atoms with Crippen LogP contribution >= 0.6 is 0 Å². The number of aromatic nitrogens is 3. The fourth-order valence-corrected chi connectivity index (χ4v) is 3.49. The Balaban J connectivity index is 1.32. The Morgan fingerprint density at radius 3 is 2.53 bits per heavy atom. The lowest BCUT2D eigenvalue weighted by Crippen LogP contribution is -2.31. The van der Waals surface area contributed by atoms with Crippen LogP contribution in [0.4, 0.5) is 19.0 Å². The fourth-order valence-electron chi connectivity index (χ4n) is 3.49. The van der Waals surface area contributed by atoms with E-state index in [1.54, 1.807) is 0 Å². The smallest absolute Gasteiger partial charge is 0.355 e. The molecule has 0 unspecified atom stereocenters. The molecule has 4 rings (SSSR count). The molecule has 1 aromatic carbocycles. The second-order valence-corrected chi connectivity index (χ2v) is 7.29. The SMILES string of the molecule is FC(F)(F)c1ccc(N2CCCN(Cc3nc(Cc4ccccc4)no3)CC2)nc1. The summed E-state index contributed by atoms with van der Waals surface area (Å²) in [7, 11) is 0. The number of hydrogen-bond donors (Lipinski definition) is 0. The number of nitrogens with zero attached hydrogens (tertiary/aromatic N) is 5. The van der Waals surface area contributed by atoms with Crippen molar-refractivity contribution in [3.63, 3.8) is 0 Å². The molecule has 1 saturated heterocycles. The van der Waals surface area contributed by atoms with Crippen LogP contribution in [0.15, 0.2) is 53.2 Å². The first-order chi connectivity index (χ1) is 14.5. The molecule has 1 fully saturated rings. The highest BCUT2D eigenvalue weighted by Crippen LogP contribution is 2.29. The highest BCUT2D eigenvalue weighted by atomic mass is 19.4. The van der Waals surface area contributed by atoms with Gasteiger partial charge in [0.25, 0.3) is 0 Å². The van der Waals surface area contributed by atoms with Gasteiger partial charge in [-0.15, -0.1) is 0 Å². The molecule has 0 radical (unpaired) electrons. The maximum Gasteiger partial charge on any atom is 0.417 e. The normalized spacial score (nSPS) is 15.9. The Kier molecular flexibility index (Phi) is 5.98. The van der Waals surface area contributed by atoms with Crippen LogP contribution in [-0.2, 0) is 19.1 Å². The third kappa shape index (κ3) is 5.15. The molecule has 9 heteroatoms. The van der Waals surface area contributed by atoms with Crippen LogP contribution in [-0.4, -0.2) is 46.2 Å². The molecule has 0 amide bonds. The van der Waals surface area contributed by atoms with E-state index < -0.39 is 11.7 Å². The first-order valence-electron chi connectivity index (χ1n) is 9.83. The third-order valence-corrected chi connectivity index (χ3v) is 5.06. The van der Waals surface area contributed by atoms with Crippen molar-refractivity contribution in [2.75, 3.05) is 31.1 Å². The maximum atomic E-state index is 12.7. The summed E-state index contributed by atoms with van der Waals surface area (Å²) in [5, 5.41) is 4.07. The average Bonchev–Trinajstić information content (AvgIpc) is 3.03. The predicted octanol–water partition coefficient (Wildman–Crippen LogP) is 3.79. The molecule has 0 bridgehead atoms. The third-order valence-electron chi connectivity index (χ3n) is 5.06. The lowest BCUT2D eigenvalue weighted by atomic mass is 10.1. The Morgan fingerprint density at radius 2 is 1.80 bits per heavy atom. The fraction of sp³-hybridized carbons (Fsp3) is 0.381. The molecule has 0 atom stereocenters. The van der Waals surface area contributed by atoms with E-state index in [-0.39, 0.29) is 0 Å². The predicted molar refractivity (Wildman–Crippen MR) is 105 cm³/mol. The van der Waals surface area contributed by atoms with Crippen LogP contribution in [0.3, 0.4) is 0 Å². The maximum absolute atomic E-state index is 12.7. The standard InChI is InChI=1S/C21H22F3N5O/c22-21(23,24)17-7-8-19(25-14-17)29-10-4-9-28(11-12-29)15-20-26-18(27-30-20)13-16-5-2-1-3-6-16/h1-3,5-8,14H,4,9-13,15H2. The summed E-state index contributed by atoms with van der Waals surface area (Å²) in [6.07, 6.45) is -1.99. The molecule has 3 aromatic rings. The van der Waals surface area contributed by atoms with Crippen LogP contribution in [0.2, 0.25) is 0 Å². The molecule has 30 heavy (non-hydrogen) atoms. The van der Waals surface area contributed by atoms with E-state index in [2.05, 4.69) is 20.0 Å². The van der Waals surface area contributed by atoms with Crippen LogP contribution in [0, 0.1) is 0 Å². The molecular formula is C21H22F3N5O. The molecule has 1 aliphatic rings. The Labute approximate surface area is 172 Å². The quantitative estimate of drug-likeness (QED) is 0.630. The summed E-state index contributed by atoms with van der Waals surface area (Å²) in [6.45, 7) is 3.53. The van der Waals surface area contributed by atoms with E-state index in [1.807, 2.05) is 35.2 Å². The zero-order valence-electron chi connectivity index (χ0n) is 16.3. The number of anilines is 1. The first kappa shape index (κ1) is 20.3.